The van der Waals surface area contributed by atoms with Crippen molar-refractivity contribution in [1.29, 1.82) is 5.26 Å². The molecule has 2 aromatic carbocycles. The van der Waals surface area contributed by atoms with Crippen LogP contribution in [0.2, 0.25) is 5.02 Å². The average molecular weight is 599 g/mol. The standard InChI is InChI=1S/C31H28ClFN8O2/c1-2-40-11-7-19-18(17-40)4-3-5-25(19)42-30-21(15-34)28(41-12-9-35-10-13-41)20-6-8-36-31(27(20)38-30)43-29-22-16-37-39-24(22)14-23(33)26(29)32/h3-6,8,14,16,35H,2,7,9-13,17H2,1H3,(H,37,39). The molecule has 1 fully saturated rings. The van der Waals surface area contributed by atoms with Gasteiger partial charge in [-0.25, -0.2) is 14.4 Å². The van der Waals surface area contributed by atoms with Gasteiger partial charge in [0, 0.05) is 62.5 Å². The van der Waals surface area contributed by atoms with Gasteiger partial charge in [0.1, 0.15) is 33.7 Å². The third kappa shape index (κ3) is 4.87. The lowest BCUT2D eigenvalue weighted by atomic mass is 9.98. The molecule has 5 aromatic rings. The van der Waals surface area contributed by atoms with Crippen LogP contribution in [0.25, 0.3) is 21.8 Å². The first-order valence-electron chi connectivity index (χ1n) is 14.2. The summed E-state index contributed by atoms with van der Waals surface area (Å²) in [6, 6.07) is 11.4. The highest BCUT2D eigenvalue weighted by Gasteiger charge is 2.27. The van der Waals surface area contributed by atoms with Gasteiger partial charge in [0.15, 0.2) is 5.75 Å². The minimum Gasteiger partial charge on any atom is -0.437 e. The van der Waals surface area contributed by atoms with Crippen LogP contribution >= 0.6 is 11.6 Å². The summed E-state index contributed by atoms with van der Waals surface area (Å²) in [5.74, 6) is 0.343. The number of ether oxygens (including phenoxy) is 2. The maximum atomic E-state index is 14.7. The van der Waals surface area contributed by atoms with E-state index in [9.17, 15) is 9.65 Å². The van der Waals surface area contributed by atoms with Crippen molar-refractivity contribution in [3.05, 3.63) is 70.3 Å². The molecule has 0 atom stereocenters. The minimum absolute atomic E-state index is 0.0698. The van der Waals surface area contributed by atoms with Crippen molar-refractivity contribution >= 4 is 39.1 Å². The van der Waals surface area contributed by atoms with Gasteiger partial charge in [-0.15, -0.1) is 0 Å². The molecular formula is C31H28ClFN8O2. The van der Waals surface area contributed by atoms with E-state index in [2.05, 4.69) is 49.4 Å². The van der Waals surface area contributed by atoms with E-state index in [0.29, 0.717) is 51.9 Å². The van der Waals surface area contributed by atoms with Crippen LogP contribution in [-0.4, -0.2) is 64.3 Å². The highest BCUT2D eigenvalue weighted by atomic mass is 35.5. The molecule has 2 aliphatic rings. The van der Waals surface area contributed by atoms with Crippen molar-refractivity contribution < 1.29 is 13.9 Å². The largest absolute Gasteiger partial charge is 0.437 e. The number of benzene rings is 2. The SMILES string of the molecule is CCN1CCc2c(cccc2Oc2nc3c(Oc4c(Cl)c(F)cc5[nH]ncc45)nccc3c(N3CCNCC3)c2C#N)C1. The Balaban J connectivity index is 1.41. The molecule has 2 aliphatic heterocycles. The molecule has 0 spiro atoms. The van der Waals surface area contributed by atoms with Gasteiger partial charge in [0.05, 0.1) is 22.8 Å². The van der Waals surface area contributed by atoms with Crippen LogP contribution in [-0.2, 0) is 13.0 Å². The van der Waals surface area contributed by atoms with Gasteiger partial charge in [-0.3, -0.25) is 10.00 Å². The lowest BCUT2D eigenvalue weighted by molar-refractivity contribution is 0.265. The second-order valence-electron chi connectivity index (χ2n) is 10.6. The summed E-state index contributed by atoms with van der Waals surface area (Å²) in [5, 5.41) is 21.6. The Morgan fingerprint density at radius 2 is 1.98 bits per heavy atom. The van der Waals surface area contributed by atoms with Gasteiger partial charge in [-0.2, -0.15) is 10.4 Å². The van der Waals surface area contributed by atoms with E-state index in [1.807, 2.05) is 18.2 Å². The molecule has 1 saturated heterocycles. The number of hydrogen-bond donors (Lipinski definition) is 2. The summed E-state index contributed by atoms with van der Waals surface area (Å²) in [7, 11) is 0. The number of nitrogens with zero attached hydrogens (tertiary/aromatic N) is 6. The van der Waals surface area contributed by atoms with Crippen molar-refractivity contribution in [2.45, 2.75) is 19.9 Å². The fourth-order valence-electron chi connectivity index (χ4n) is 5.90. The fraction of sp³-hybridized carbons (Fsp3) is 0.290. The Morgan fingerprint density at radius 3 is 2.79 bits per heavy atom. The summed E-state index contributed by atoms with van der Waals surface area (Å²) < 4.78 is 27.5. The topological polar surface area (TPSA) is 115 Å². The number of hydrogen-bond acceptors (Lipinski definition) is 9. The predicted molar refractivity (Wildman–Crippen MR) is 162 cm³/mol. The number of likely N-dealkylation sites (N-methyl/N-ethyl adjacent to an activating group) is 1. The first kappa shape index (κ1) is 27.3. The number of H-pyrrole nitrogens is 1. The van der Waals surface area contributed by atoms with Crippen LogP contribution in [0.15, 0.2) is 42.7 Å². The van der Waals surface area contributed by atoms with Crippen LogP contribution in [0, 0.1) is 17.1 Å². The smallest absolute Gasteiger partial charge is 0.246 e. The Labute approximate surface area is 252 Å². The lowest BCUT2D eigenvalue weighted by Crippen LogP contribution is -2.44. The number of anilines is 1. The minimum atomic E-state index is -0.658. The molecule has 43 heavy (non-hydrogen) atoms. The van der Waals surface area contributed by atoms with E-state index >= 15 is 0 Å². The Morgan fingerprint density at radius 1 is 1.12 bits per heavy atom. The van der Waals surface area contributed by atoms with Crippen LogP contribution < -0.4 is 19.7 Å². The van der Waals surface area contributed by atoms with E-state index in [4.69, 9.17) is 26.1 Å². The molecule has 5 heterocycles. The molecular weight excluding hydrogens is 571 g/mol. The molecule has 0 aliphatic carbocycles. The van der Waals surface area contributed by atoms with Crippen LogP contribution in [0.4, 0.5) is 10.1 Å². The maximum Gasteiger partial charge on any atom is 0.246 e. The molecule has 10 nitrogen and oxygen atoms in total. The van der Waals surface area contributed by atoms with Gasteiger partial charge in [0.25, 0.3) is 0 Å². The number of aromatic amines is 1. The zero-order valence-corrected chi connectivity index (χ0v) is 24.2. The first-order chi connectivity index (χ1) is 21.1. The zero-order valence-electron chi connectivity index (χ0n) is 23.5. The molecule has 218 valence electrons. The summed E-state index contributed by atoms with van der Waals surface area (Å²) in [4.78, 5) is 13.9. The second-order valence-corrected chi connectivity index (χ2v) is 10.9. The zero-order chi connectivity index (χ0) is 29.5. The number of pyridine rings is 2. The molecule has 0 bridgehead atoms. The van der Waals surface area contributed by atoms with E-state index in [-0.39, 0.29) is 22.5 Å². The molecule has 0 unspecified atom stereocenters. The van der Waals surface area contributed by atoms with Crippen molar-refractivity contribution in [2.24, 2.45) is 0 Å². The molecule has 3 aromatic heterocycles. The Bertz CT molecular complexity index is 1900. The maximum absolute atomic E-state index is 14.7. The summed E-state index contributed by atoms with van der Waals surface area (Å²) >= 11 is 6.38. The monoisotopic (exact) mass is 598 g/mol. The van der Waals surface area contributed by atoms with E-state index in [1.165, 1.54) is 17.8 Å². The molecule has 0 saturated carbocycles. The predicted octanol–water partition coefficient (Wildman–Crippen LogP) is 5.54. The molecule has 0 amide bonds. The first-order valence-corrected chi connectivity index (χ1v) is 14.6. The normalized spacial score (nSPS) is 15.4. The fourth-order valence-corrected chi connectivity index (χ4v) is 6.09. The Kier molecular flexibility index (Phi) is 7.18. The molecule has 7 rings (SSSR count). The van der Waals surface area contributed by atoms with Gasteiger partial charge >= 0.3 is 0 Å². The Hall–Kier alpha value is -4.50. The average Bonchev–Trinajstić information content (AvgIpc) is 3.51. The number of nitriles is 1. The highest BCUT2D eigenvalue weighted by molar-refractivity contribution is 6.33. The van der Waals surface area contributed by atoms with E-state index in [1.54, 1.807) is 6.20 Å². The van der Waals surface area contributed by atoms with E-state index in [0.717, 1.165) is 44.7 Å². The van der Waals surface area contributed by atoms with Gasteiger partial charge in [-0.05, 0) is 30.7 Å². The van der Waals surface area contributed by atoms with Gasteiger partial charge in [0.2, 0.25) is 11.8 Å². The summed E-state index contributed by atoms with van der Waals surface area (Å²) in [5.41, 5.74) is 4.12. The van der Waals surface area contributed by atoms with Crippen LogP contribution in [0.5, 0.6) is 23.3 Å². The third-order valence-electron chi connectivity index (χ3n) is 8.10. The van der Waals surface area contributed by atoms with Crippen molar-refractivity contribution in [2.75, 3.05) is 44.2 Å². The van der Waals surface area contributed by atoms with Gasteiger partial charge in [-0.1, -0.05) is 30.7 Å². The van der Waals surface area contributed by atoms with E-state index < -0.39 is 5.82 Å². The third-order valence-corrected chi connectivity index (χ3v) is 8.46. The molecule has 2 N–H and O–H groups in total. The van der Waals surface area contributed by atoms with Crippen molar-refractivity contribution in [3.8, 4) is 29.3 Å². The molecule has 12 heteroatoms. The summed E-state index contributed by atoms with van der Waals surface area (Å²) in [6.45, 7) is 7.78. The van der Waals surface area contributed by atoms with Crippen LogP contribution in [0.3, 0.4) is 0 Å². The van der Waals surface area contributed by atoms with Gasteiger partial charge < -0.3 is 19.7 Å². The number of halogens is 2. The van der Waals surface area contributed by atoms with Crippen molar-refractivity contribution in [3.63, 3.8) is 0 Å². The summed E-state index contributed by atoms with van der Waals surface area (Å²) in [6.07, 6.45) is 3.93. The molecule has 0 radical (unpaired) electrons. The highest BCUT2D eigenvalue weighted by Crippen LogP contribution is 2.43. The van der Waals surface area contributed by atoms with Crippen LogP contribution in [0.1, 0.15) is 23.6 Å². The van der Waals surface area contributed by atoms with Crippen molar-refractivity contribution in [1.82, 2.24) is 30.4 Å². The lowest BCUT2D eigenvalue weighted by Gasteiger charge is -2.32. The number of rotatable bonds is 6. The second kappa shape index (κ2) is 11.3. The quantitative estimate of drug-likeness (QED) is 0.260. The number of fused-ring (bicyclic) bond motifs is 3. The number of nitrogens with one attached hydrogen (secondary N) is 2. The number of piperazine rings is 1. The number of aromatic nitrogens is 4.